The van der Waals surface area contributed by atoms with E-state index in [4.69, 9.17) is 4.74 Å². The number of amides is 1. The molecule has 2 aromatic rings. The smallest absolute Gasteiger partial charge is 0.270 e. The predicted octanol–water partition coefficient (Wildman–Crippen LogP) is 0.755. The van der Waals surface area contributed by atoms with Crippen LogP contribution in [0.25, 0.3) is 0 Å². The summed E-state index contributed by atoms with van der Waals surface area (Å²) in [5, 5.41) is 8.61. The molecular weight excluding hydrogens is 314 g/mol. The number of hydrogen-bond acceptors (Lipinski definition) is 7. The van der Waals surface area contributed by atoms with E-state index in [1.807, 2.05) is 12.1 Å². The van der Waals surface area contributed by atoms with Gasteiger partial charge in [0.2, 0.25) is 0 Å². The third kappa shape index (κ3) is 3.77. The minimum absolute atomic E-state index is 0.160. The molecule has 0 spiro atoms. The third-order valence-corrected chi connectivity index (χ3v) is 4.50. The van der Waals surface area contributed by atoms with Gasteiger partial charge in [-0.05, 0) is 12.1 Å². The summed E-state index contributed by atoms with van der Waals surface area (Å²) in [6.07, 6.45) is 3.42. The molecule has 1 saturated heterocycles. The van der Waals surface area contributed by atoms with Gasteiger partial charge in [-0.3, -0.25) is 9.78 Å². The highest BCUT2D eigenvalue weighted by molar-refractivity contribution is 7.13. The van der Waals surface area contributed by atoms with Crippen LogP contribution in [0.2, 0.25) is 0 Å². The number of anilines is 1. The van der Waals surface area contributed by atoms with Gasteiger partial charge in [-0.25, -0.2) is 4.98 Å². The molecule has 7 nitrogen and oxygen atoms in total. The molecule has 1 aliphatic rings. The molecule has 1 amide bonds. The fourth-order valence-corrected chi connectivity index (χ4v) is 3.32. The van der Waals surface area contributed by atoms with Crippen LogP contribution in [0.3, 0.4) is 0 Å². The summed E-state index contributed by atoms with van der Waals surface area (Å²) < 4.78 is 5.83. The van der Waals surface area contributed by atoms with E-state index < -0.39 is 0 Å². The minimum Gasteiger partial charge on any atom is -0.490 e. The van der Waals surface area contributed by atoms with E-state index in [0.29, 0.717) is 12.3 Å². The number of aromatic nitrogens is 2. The van der Waals surface area contributed by atoms with E-state index in [1.165, 1.54) is 11.3 Å². The number of nitrogens with zero attached hydrogens (tertiary/aromatic N) is 3. The zero-order chi connectivity index (χ0) is 16.1. The van der Waals surface area contributed by atoms with Crippen molar-refractivity contribution in [3.8, 4) is 5.75 Å². The largest absolute Gasteiger partial charge is 0.490 e. The summed E-state index contributed by atoms with van der Waals surface area (Å²) in [4.78, 5) is 22.4. The number of carbonyl (C=O) groups is 1. The van der Waals surface area contributed by atoms with Crippen LogP contribution >= 0.6 is 11.3 Å². The van der Waals surface area contributed by atoms with Crippen molar-refractivity contribution in [3.05, 3.63) is 35.6 Å². The number of pyridine rings is 1. The van der Waals surface area contributed by atoms with Crippen LogP contribution in [0.1, 0.15) is 10.5 Å². The summed E-state index contributed by atoms with van der Waals surface area (Å²) >= 11 is 1.48. The van der Waals surface area contributed by atoms with Gasteiger partial charge in [0.25, 0.3) is 5.91 Å². The topological polar surface area (TPSA) is 79.4 Å². The fourth-order valence-electron chi connectivity index (χ4n) is 2.42. The predicted molar refractivity (Wildman–Crippen MR) is 89.2 cm³/mol. The maximum Gasteiger partial charge on any atom is 0.270 e. The molecule has 3 heterocycles. The molecule has 0 radical (unpaired) electrons. The molecule has 8 heteroatoms. The number of piperazine rings is 1. The summed E-state index contributed by atoms with van der Waals surface area (Å²) in [5.41, 5.74) is 0.456. The van der Waals surface area contributed by atoms with Crippen LogP contribution < -0.4 is 20.3 Å². The van der Waals surface area contributed by atoms with Crippen molar-refractivity contribution >= 4 is 22.4 Å². The molecule has 122 valence electrons. The van der Waals surface area contributed by atoms with E-state index >= 15 is 0 Å². The Morgan fingerprint density at radius 3 is 3.30 bits per heavy atom. The first-order valence-corrected chi connectivity index (χ1v) is 8.33. The lowest BCUT2D eigenvalue weighted by Gasteiger charge is -2.35. The van der Waals surface area contributed by atoms with Crippen LogP contribution in [0.15, 0.2) is 29.9 Å². The lowest BCUT2D eigenvalue weighted by atomic mass is 10.2. The van der Waals surface area contributed by atoms with Gasteiger partial charge in [0.15, 0.2) is 5.13 Å². The second kappa shape index (κ2) is 7.38. The Bertz CT molecular complexity index is 648. The Hall–Kier alpha value is -2.19. The minimum atomic E-state index is -0.161. The molecule has 2 N–H and O–H groups in total. The van der Waals surface area contributed by atoms with Gasteiger partial charge in [0.05, 0.1) is 12.2 Å². The van der Waals surface area contributed by atoms with E-state index in [0.717, 1.165) is 30.5 Å². The highest BCUT2D eigenvalue weighted by Gasteiger charge is 2.26. The van der Waals surface area contributed by atoms with Gasteiger partial charge in [0.1, 0.15) is 18.1 Å². The van der Waals surface area contributed by atoms with Gasteiger partial charge >= 0.3 is 0 Å². The lowest BCUT2D eigenvalue weighted by molar-refractivity contribution is 0.0959. The van der Waals surface area contributed by atoms with Gasteiger partial charge in [-0.15, -0.1) is 11.3 Å². The molecule has 2 aromatic heterocycles. The molecule has 0 aliphatic carbocycles. The van der Waals surface area contributed by atoms with Crippen molar-refractivity contribution in [1.29, 1.82) is 0 Å². The molecule has 1 aliphatic heterocycles. The van der Waals surface area contributed by atoms with Crippen LogP contribution in [-0.2, 0) is 0 Å². The molecule has 3 rings (SSSR count). The molecule has 0 aromatic carbocycles. The maximum atomic E-state index is 11.7. The second-order valence-electron chi connectivity index (χ2n) is 5.15. The average Bonchev–Trinajstić information content (AvgIpc) is 3.10. The zero-order valence-corrected chi connectivity index (χ0v) is 13.7. The Morgan fingerprint density at radius 1 is 1.61 bits per heavy atom. The molecule has 23 heavy (non-hydrogen) atoms. The highest BCUT2D eigenvalue weighted by Crippen LogP contribution is 2.24. The van der Waals surface area contributed by atoms with Crippen molar-refractivity contribution < 1.29 is 9.53 Å². The number of rotatable bonds is 5. The van der Waals surface area contributed by atoms with Crippen molar-refractivity contribution in [2.75, 3.05) is 38.2 Å². The van der Waals surface area contributed by atoms with Gasteiger partial charge in [-0.1, -0.05) is 0 Å². The maximum absolute atomic E-state index is 11.7. The Labute approximate surface area is 138 Å². The van der Waals surface area contributed by atoms with Crippen LogP contribution in [-0.4, -0.2) is 55.2 Å². The summed E-state index contributed by atoms with van der Waals surface area (Å²) in [5.74, 6) is 0.592. The van der Waals surface area contributed by atoms with E-state index in [2.05, 4.69) is 25.5 Å². The van der Waals surface area contributed by atoms with Gasteiger partial charge < -0.3 is 20.3 Å². The molecule has 1 unspecified atom stereocenters. The Kier molecular flexibility index (Phi) is 5.04. The SMILES string of the molecule is CNC(=O)c1csc(N2CCNCC2COc2cccnc2)n1. The summed E-state index contributed by atoms with van der Waals surface area (Å²) in [6.45, 7) is 3.07. The van der Waals surface area contributed by atoms with Crippen LogP contribution in [0.4, 0.5) is 5.13 Å². The first-order chi connectivity index (χ1) is 11.3. The van der Waals surface area contributed by atoms with E-state index in [9.17, 15) is 4.79 Å². The van der Waals surface area contributed by atoms with Crippen molar-refractivity contribution in [3.63, 3.8) is 0 Å². The highest BCUT2D eigenvalue weighted by atomic mass is 32.1. The number of hydrogen-bond donors (Lipinski definition) is 2. The normalized spacial score (nSPS) is 17.8. The van der Waals surface area contributed by atoms with Crippen LogP contribution in [0, 0.1) is 0 Å². The number of carbonyl (C=O) groups excluding carboxylic acids is 1. The van der Waals surface area contributed by atoms with Crippen molar-refractivity contribution in [1.82, 2.24) is 20.6 Å². The van der Waals surface area contributed by atoms with Crippen LogP contribution in [0.5, 0.6) is 5.75 Å². The summed E-state index contributed by atoms with van der Waals surface area (Å²) in [7, 11) is 1.61. The van der Waals surface area contributed by atoms with E-state index in [-0.39, 0.29) is 11.9 Å². The lowest BCUT2D eigenvalue weighted by Crippen LogP contribution is -2.54. The number of nitrogens with one attached hydrogen (secondary N) is 2. The monoisotopic (exact) mass is 333 g/mol. The second-order valence-corrected chi connectivity index (χ2v) is 5.98. The first-order valence-electron chi connectivity index (χ1n) is 7.45. The van der Waals surface area contributed by atoms with Crippen molar-refractivity contribution in [2.45, 2.75) is 6.04 Å². The Morgan fingerprint density at radius 2 is 2.52 bits per heavy atom. The first kappa shape index (κ1) is 15.7. The molecular formula is C15H19N5O2S. The van der Waals surface area contributed by atoms with Crippen molar-refractivity contribution in [2.24, 2.45) is 0 Å². The fraction of sp³-hybridized carbons (Fsp3) is 0.400. The zero-order valence-electron chi connectivity index (χ0n) is 12.9. The molecule has 0 saturated carbocycles. The Balaban J connectivity index is 1.68. The third-order valence-electron chi connectivity index (χ3n) is 3.62. The average molecular weight is 333 g/mol. The van der Waals surface area contributed by atoms with Gasteiger partial charge in [-0.2, -0.15) is 0 Å². The van der Waals surface area contributed by atoms with E-state index in [1.54, 1.807) is 24.8 Å². The quantitative estimate of drug-likeness (QED) is 0.841. The number of thiazole rings is 1. The number of ether oxygens (including phenoxy) is 1. The molecule has 1 atom stereocenters. The summed E-state index contributed by atoms with van der Waals surface area (Å²) in [6, 6.07) is 3.90. The van der Waals surface area contributed by atoms with Gasteiger partial charge in [0, 0.05) is 38.3 Å². The standard InChI is InChI=1S/C15H19N5O2S/c1-16-14(21)13-10-23-15(19-13)20-6-5-18-7-11(20)9-22-12-3-2-4-17-8-12/h2-4,8,10-11,18H,5-7,9H2,1H3,(H,16,21). The molecule has 0 bridgehead atoms. The molecule has 1 fully saturated rings.